The first-order chi connectivity index (χ1) is 9.10. The molecule has 0 saturated carbocycles. The van der Waals surface area contributed by atoms with Gasteiger partial charge in [0.2, 0.25) is 0 Å². The van der Waals surface area contributed by atoms with E-state index >= 15 is 0 Å². The van der Waals surface area contributed by atoms with E-state index in [4.69, 9.17) is 0 Å². The third-order valence-corrected chi connectivity index (χ3v) is 3.51. The van der Waals surface area contributed by atoms with Crippen LogP contribution in [0, 0.1) is 0 Å². The van der Waals surface area contributed by atoms with Gasteiger partial charge in [-0.2, -0.15) is 0 Å². The molecular weight excluding hydrogens is 240 g/mol. The van der Waals surface area contributed by atoms with Gasteiger partial charge in [0.25, 0.3) is 0 Å². The van der Waals surface area contributed by atoms with Crippen LogP contribution in [0.25, 0.3) is 0 Å². The molecule has 0 aromatic carbocycles. The van der Waals surface area contributed by atoms with Gasteiger partial charge in [0, 0.05) is 24.3 Å². The van der Waals surface area contributed by atoms with Crippen LogP contribution in [0.3, 0.4) is 0 Å². The van der Waals surface area contributed by atoms with Crippen molar-refractivity contribution in [3.8, 4) is 0 Å². The van der Waals surface area contributed by atoms with Gasteiger partial charge in [0.1, 0.15) is 18.0 Å². The minimum absolute atomic E-state index is 0.142. The molecule has 0 saturated heterocycles. The standard InChI is InChI=1S/C14H26N4O/c1-5-11-12(15-7-3)16-10-17-13(11)18-14(4,6-2)8-9-19/h10,19H,5-9H2,1-4H3,(H2,15,16,17,18). The van der Waals surface area contributed by atoms with Crippen molar-refractivity contribution in [1.29, 1.82) is 0 Å². The molecule has 0 amide bonds. The summed E-state index contributed by atoms with van der Waals surface area (Å²) < 4.78 is 0. The topological polar surface area (TPSA) is 70.1 Å². The van der Waals surface area contributed by atoms with Crippen LogP contribution in [-0.4, -0.2) is 33.8 Å². The molecule has 0 aliphatic heterocycles. The van der Waals surface area contributed by atoms with Crippen LogP contribution in [0.4, 0.5) is 11.6 Å². The first kappa shape index (κ1) is 15.7. The van der Waals surface area contributed by atoms with Crippen LogP contribution in [0.2, 0.25) is 0 Å². The second-order valence-electron chi connectivity index (χ2n) is 4.95. The molecule has 1 aromatic heterocycles. The van der Waals surface area contributed by atoms with Gasteiger partial charge in [-0.15, -0.1) is 0 Å². The highest BCUT2D eigenvalue weighted by atomic mass is 16.3. The van der Waals surface area contributed by atoms with Crippen molar-refractivity contribution in [3.63, 3.8) is 0 Å². The van der Waals surface area contributed by atoms with Crippen molar-refractivity contribution >= 4 is 11.6 Å². The highest BCUT2D eigenvalue weighted by Crippen LogP contribution is 2.26. The maximum Gasteiger partial charge on any atom is 0.135 e. The summed E-state index contributed by atoms with van der Waals surface area (Å²) in [6.45, 7) is 9.38. The molecule has 0 bridgehead atoms. The van der Waals surface area contributed by atoms with E-state index < -0.39 is 0 Å². The zero-order chi connectivity index (χ0) is 14.3. The molecule has 1 atom stereocenters. The van der Waals surface area contributed by atoms with Crippen molar-refractivity contribution in [2.24, 2.45) is 0 Å². The Bertz CT molecular complexity index is 397. The summed E-state index contributed by atoms with van der Waals surface area (Å²) in [5.41, 5.74) is 0.957. The van der Waals surface area contributed by atoms with Gasteiger partial charge in [-0.05, 0) is 33.1 Å². The number of aliphatic hydroxyl groups excluding tert-OH is 1. The molecule has 1 heterocycles. The first-order valence-electron chi connectivity index (χ1n) is 7.07. The summed E-state index contributed by atoms with van der Waals surface area (Å²) in [4.78, 5) is 8.65. The number of anilines is 2. The molecule has 19 heavy (non-hydrogen) atoms. The van der Waals surface area contributed by atoms with Crippen LogP contribution in [0.5, 0.6) is 0 Å². The number of rotatable bonds is 8. The zero-order valence-electron chi connectivity index (χ0n) is 12.5. The lowest BCUT2D eigenvalue weighted by atomic mass is 9.94. The Morgan fingerprint density at radius 1 is 1.21 bits per heavy atom. The number of aromatic nitrogens is 2. The Morgan fingerprint density at radius 2 is 1.89 bits per heavy atom. The predicted octanol–water partition coefficient (Wildman–Crippen LogP) is 2.43. The Hall–Kier alpha value is -1.36. The molecule has 5 heteroatoms. The molecule has 1 aromatic rings. The van der Waals surface area contributed by atoms with Gasteiger partial charge in [0.05, 0.1) is 0 Å². The fourth-order valence-electron chi connectivity index (χ4n) is 2.03. The van der Waals surface area contributed by atoms with E-state index in [0.717, 1.165) is 36.6 Å². The summed E-state index contributed by atoms with van der Waals surface area (Å²) in [5, 5.41) is 15.9. The zero-order valence-corrected chi connectivity index (χ0v) is 12.5. The lowest BCUT2D eigenvalue weighted by Crippen LogP contribution is -2.36. The van der Waals surface area contributed by atoms with Gasteiger partial charge in [-0.1, -0.05) is 13.8 Å². The van der Waals surface area contributed by atoms with Crippen molar-refractivity contribution < 1.29 is 5.11 Å². The quantitative estimate of drug-likeness (QED) is 0.674. The Kier molecular flexibility index (Phi) is 6.02. The van der Waals surface area contributed by atoms with Gasteiger partial charge in [-0.3, -0.25) is 0 Å². The maximum absolute atomic E-state index is 9.19. The normalized spacial score (nSPS) is 13.9. The second kappa shape index (κ2) is 7.28. The Morgan fingerprint density at radius 3 is 2.42 bits per heavy atom. The number of hydrogen-bond donors (Lipinski definition) is 3. The van der Waals surface area contributed by atoms with E-state index in [2.05, 4.69) is 48.3 Å². The lowest BCUT2D eigenvalue weighted by Gasteiger charge is -2.30. The van der Waals surface area contributed by atoms with Crippen molar-refractivity contribution in [2.45, 2.75) is 52.5 Å². The fraction of sp³-hybridized carbons (Fsp3) is 0.714. The molecular formula is C14H26N4O. The van der Waals surface area contributed by atoms with E-state index in [-0.39, 0.29) is 12.1 Å². The number of nitrogens with one attached hydrogen (secondary N) is 2. The highest BCUT2D eigenvalue weighted by Gasteiger charge is 2.23. The molecule has 0 radical (unpaired) electrons. The van der Waals surface area contributed by atoms with Gasteiger partial charge in [-0.25, -0.2) is 9.97 Å². The molecule has 3 N–H and O–H groups in total. The van der Waals surface area contributed by atoms with E-state index in [9.17, 15) is 5.11 Å². The first-order valence-corrected chi connectivity index (χ1v) is 7.07. The third kappa shape index (κ3) is 4.06. The minimum atomic E-state index is -0.142. The molecule has 1 rings (SSSR count). The fourth-order valence-corrected chi connectivity index (χ4v) is 2.03. The molecule has 0 fully saturated rings. The number of nitrogens with zero attached hydrogens (tertiary/aromatic N) is 2. The maximum atomic E-state index is 9.19. The molecule has 0 spiro atoms. The molecule has 5 nitrogen and oxygen atoms in total. The van der Waals surface area contributed by atoms with Gasteiger partial charge in [0.15, 0.2) is 0 Å². The predicted molar refractivity (Wildman–Crippen MR) is 79.6 cm³/mol. The summed E-state index contributed by atoms with van der Waals surface area (Å²) in [6.07, 6.45) is 4.07. The summed E-state index contributed by atoms with van der Waals surface area (Å²) >= 11 is 0. The van der Waals surface area contributed by atoms with Crippen molar-refractivity contribution in [2.75, 3.05) is 23.8 Å². The van der Waals surface area contributed by atoms with E-state index in [1.54, 1.807) is 6.33 Å². The average molecular weight is 266 g/mol. The monoisotopic (exact) mass is 266 g/mol. The largest absolute Gasteiger partial charge is 0.396 e. The third-order valence-electron chi connectivity index (χ3n) is 3.51. The van der Waals surface area contributed by atoms with Crippen LogP contribution < -0.4 is 10.6 Å². The highest BCUT2D eigenvalue weighted by molar-refractivity contribution is 5.58. The van der Waals surface area contributed by atoms with Crippen LogP contribution >= 0.6 is 0 Å². The van der Waals surface area contributed by atoms with E-state index in [1.165, 1.54) is 0 Å². The lowest BCUT2D eigenvalue weighted by molar-refractivity contribution is 0.251. The summed E-state index contributed by atoms with van der Waals surface area (Å²) in [6, 6.07) is 0. The molecule has 108 valence electrons. The second-order valence-corrected chi connectivity index (χ2v) is 4.95. The van der Waals surface area contributed by atoms with Crippen molar-refractivity contribution in [1.82, 2.24) is 9.97 Å². The molecule has 1 unspecified atom stereocenters. The van der Waals surface area contributed by atoms with E-state index in [1.807, 2.05) is 0 Å². The van der Waals surface area contributed by atoms with Gasteiger partial charge < -0.3 is 15.7 Å². The average Bonchev–Trinajstić information content (AvgIpc) is 2.40. The Balaban J connectivity index is 3.02. The summed E-state index contributed by atoms with van der Waals surface area (Å²) in [7, 11) is 0. The number of hydrogen-bond acceptors (Lipinski definition) is 5. The molecule has 0 aliphatic carbocycles. The van der Waals surface area contributed by atoms with E-state index in [0.29, 0.717) is 6.42 Å². The Labute approximate surface area is 115 Å². The summed E-state index contributed by atoms with van der Waals surface area (Å²) in [5.74, 6) is 1.76. The van der Waals surface area contributed by atoms with Crippen LogP contribution in [-0.2, 0) is 6.42 Å². The van der Waals surface area contributed by atoms with Crippen LogP contribution in [0.15, 0.2) is 6.33 Å². The SMILES string of the molecule is CCNc1ncnc(NC(C)(CC)CCO)c1CC. The van der Waals surface area contributed by atoms with Crippen molar-refractivity contribution in [3.05, 3.63) is 11.9 Å². The van der Waals surface area contributed by atoms with Gasteiger partial charge >= 0.3 is 0 Å². The van der Waals surface area contributed by atoms with Crippen LogP contribution in [0.1, 0.15) is 46.1 Å². The number of aliphatic hydroxyl groups is 1. The smallest absolute Gasteiger partial charge is 0.135 e. The minimum Gasteiger partial charge on any atom is -0.396 e. The molecule has 0 aliphatic rings.